The van der Waals surface area contributed by atoms with E-state index in [4.69, 9.17) is 0 Å². The van der Waals surface area contributed by atoms with Crippen LogP contribution in [-0.2, 0) is 4.79 Å². The monoisotopic (exact) mass is 182 g/mol. The van der Waals surface area contributed by atoms with Crippen LogP contribution in [-0.4, -0.2) is 28.9 Å². The predicted molar refractivity (Wildman–Crippen MR) is 45.8 cm³/mol. The number of fused-ring (bicyclic) bond motifs is 1. The van der Waals surface area contributed by atoms with E-state index in [0.717, 1.165) is 4.90 Å². The Morgan fingerprint density at radius 3 is 3.08 bits per heavy atom. The van der Waals surface area contributed by atoms with Crippen molar-refractivity contribution in [2.75, 3.05) is 7.05 Å². The lowest BCUT2D eigenvalue weighted by Gasteiger charge is -2.21. The van der Waals surface area contributed by atoms with Gasteiger partial charge in [0.25, 0.3) is 0 Å². The largest absolute Gasteiger partial charge is 0.350 e. The summed E-state index contributed by atoms with van der Waals surface area (Å²) in [6.07, 6.45) is 1.76. The maximum atomic E-state index is 11.4. The standard InChI is InChI=1S/C7H6N2O2S/c1-9-6(10)4-2-3-12-5(4)8-7(9)11/h2-4H,1H3. The molecule has 0 aromatic rings. The molecule has 0 spiro atoms. The van der Waals surface area contributed by atoms with Crippen LogP contribution in [0.15, 0.2) is 16.5 Å². The molecule has 12 heavy (non-hydrogen) atoms. The molecule has 5 heteroatoms. The van der Waals surface area contributed by atoms with E-state index in [9.17, 15) is 9.59 Å². The third-order valence-corrected chi connectivity index (χ3v) is 2.70. The fraction of sp³-hybridized carbons (Fsp3) is 0.286. The summed E-state index contributed by atoms with van der Waals surface area (Å²) in [6.45, 7) is 0. The molecule has 3 amide bonds. The molecule has 0 saturated heterocycles. The Balaban J connectivity index is 2.43. The molecule has 0 aliphatic carbocycles. The predicted octanol–water partition coefficient (Wildman–Crippen LogP) is 0.854. The van der Waals surface area contributed by atoms with E-state index in [0.29, 0.717) is 5.04 Å². The highest BCUT2D eigenvalue weighted by molar-refractivity contribution is 8.16. The van der Waals surface area contributed by atoms with E-state index in [1.165, 1.54) is 18.8 Å². The van der Waals surface area contributed by atoms with Crippen molar-refractivity contribution in [2.24, 2.45) is 10.9 Å². The lowest BCUT2D eigenvalue weighted by Crippen LogP contribution is -2.41. The van der Waals surface area contributed by atoms with Crippen molar-refractivity contribution in [3.8, 4) is 0 Å². The van der Waals surface area contributed by atoms with Gasteiger partial charge in [-0.2, -0.15) is 4.99 Å². The van der Waals surface area contributed by atoms with Crippen LogP contribution in [0.3, 0.4) is 0 Å². The van der Waals surface area contributed by atoms with Crippen LogP contribution < -0.4 is 0 Å². The summed E-state index contributed by atoms with van der Waals surface area (Å²) in [5.74, 6) is -0.496. The second kappa shape index (κ2) is 2.45. The van der Waals surface area contributed by atoms with E-state index in [2.05, 4.69) is 4.99 Å². The van der Waals surface area contributed by atoms with Gasteiger partial charge in [0.2, 0.25) is 5.91 Å². The number of thioether (sulfide) groups is 1. The molecule has 0 saturated carbocycles. The minimum absolute atomic E-state index is 0.189. The van der Waals surface area contributed by atoms with Crippen LogP contribution in [0.25, 0.3) is 0 Å². The van der Waals surface area contributed by atoms with Gasteiger partial charge in [0.1, 0.15) is 5.92 Å². The zero-order valence-corrected chi connectivity index (χ0v) is 7.17. The lowest BCUT2D eigenvalue weighted by atomic mass is 10.1. The molecule has 1 atom stereocenters. The van der Waals surface area contributed by atoms with Gasteiger partial charge >= 0.3 is 6.03 Å². The molecule has 0 aromatic heterocycles. The van der Waals surface area contributed by atoms with Crippen LogP contribution in [0, 0.1) is 5.92 Å². The fourth-order valence-electron chi connectivity index (χ4n) is 1.10. The van der Waals surface area contributed by atoms with Crippen LogP contribution in [0.4, 0.5) is 4.79 Å². The molecule has 0 aromatic carbocycles. The molecule has 2 heterocycles. The average molecular weight is 182 g/mol. The summed E-state index contributed by atoms with van der Waals surface area (Å²) in [4.78, 5) is 27.2. The van der Waals surface area contributed by atoms with Crippen LogP contribution in [0.1, 0.15) is 0 Å². The first kappa shape index (κ1) is 7.54. The van der Waals surface area contributed by atoms with E-state index in [1.54, 1.807) is 11.5 Å². The van der Waals surface area contributed by atoms with Gasteiger partial charge in [-0.25, -0.2) is 4.79 Å². The molecular formula is C7H6N2O2S. The van der Waals surface area contributed by atoms with E-state index in [1.807, 2.05) is 0 Å². The number of nitrogens with zero attached hydrogens (tertiary/aromatic N) is 2. The number of aliphatic imine (C=N–C) groups is 1. The number of amides is 3. The van der Waals surface area contributed by atoms with Gasteiger partial charge in [-0.05, 0) is 5.41 Å². The molecule has 0 fully saturated rings. The van der Waals surface area contributed by atoms with E-state index in [-0.39, 0.29) is 11.8 Å². The van der Waals surface area contributed by atoms with E-state index >= 15 is 0 Å². The van der Waals surface area contributed by atoms with Crippen LogP contribution in [0.5, 0.6) is 0 Å². The van der Waals surface area contributed by atoms with E-state index < -0.39 is 6.03 Å². The first-order valence-corrected chi connectivity index (χ1v) is 4.31. The molecular weight excluding hydrogens is 176 g/mol. The summed E-state index contributed by atoms with van der Waals surface area (Å²) < 4.78 is 0. The molecule has 1 unspecified atom stereocenters. The van der Waals surface area contributed by atoms with Gasteiger partial charge in [0, 0.05) is 7.05 Å². The second-order valence-electron chi connectivity index (χ2n) is 2.55. The number of hydrogen-bond acceptors (Lipinski definition) is 3. The Kier molecular flexibility index (Phi) is 1.54. The van der Waals surface area contributed by atoms with Crippen molar-refractivity contribution >= 4 is 28.7 Å². The van der Waals surface area contributed by atoms with Gasteiger partial charge in [-0.1, -0.05) is 17.8 Å². The Hall–Kier alpha value is -1.10. The topological polar surface area (TPSA) is 49.7 Å². The normalized spacial score (nSPS) is 27.6. The van der Waals surface area contributed by atoms with Crippen molar-refractivity contribution in [3.05, 3.63) is 11.5 Å². The second-order valence-corrected chi connectivity index (χ2v) is 3.48. The highest BCUT2D eigenvalue weighted by atomic mass is 32.2. The minimum atomic E-state index is -0.470. The van der Waals surface area contributed by atoms with Crippen LogP contribution in [0.2, 0.25) is 0 Å². The SMILES string of the molecule is CN1C(=O)N=C2SC=CC2C1=O. The zero-order chi connectivity index (χ0) is 8.72. The number of imide groups is 1. The highest BCUT2D eigenvalue weighted by Gasteiger charge is 2.35. The third-order valence-electron chi connectivity index (χ3n) is 1.82. The molecule has 0 bridgehead atoms. The zero-order valence-electron chi connectivity index (χ0n) is 6.35. The first-order valence-electron chi connectivity index (χ1n) is 3.43. The Morgan fingerprint density at radius 2 is 2.33 bits per heavy atom. The maximum absolute atomic E-state index is 11.4. The Labute approximate surface area is 73.3 Å². The summed E-state index contributed by atoms with van der Waals surface area (Å²) in [5, 5.41) is 2.39. The molecule has 0 radical (unpaired) electrons. The molecule has 2 rings (SSSR count). The third kappa shape index (κ3) is 0.896. The maximum Gasteiger partial charge on any atom is 0.350 e. The van der Waals surface area contributed by atoms with Crippen molar-refractivity contribution in [1.82, 2.24) is 4.90 Å². The summed E-state index contributed by atoms with van der Waals surface area (Å²) in [5.41, 5.74) is 0. The highest BCUT2D eigenvalue weighted by Crippen LogP contribution is 2.28. The minimum Gasteiger partial charge on any atom is -0.273 e. The number of urea groups is 1. The summed E-state index contributed by atoms with van der Waals surface area (Å²) >= 11 is 1.34. The summed E-state index contributed by atoms with van der Waals surface area (Å²) in [6, 6.07) is -0.470. The van der Waals surface area contributed by atoms with Gasteiger partial charge in [0.05, 0.1) is 5.04 Å². The molecule has 2 aliphatic heterocycles. The van der Waals surface area contributed by atoms with Gasteiger partial charge in [-0.3, -0.25) is 9.69 Å². The van der Waals surface area contributed by atoms with Gasteiger partial charge < -0.3 is 0 Å². The quantitative estimate of drug-likeness (QED) is 0.558. The number of hydrogen-bond donors (Lipinski definition) is 0. The van der Waals surface area contributed by atoms with Gasteiger partial charge in [0.15, 0.2) is 0 Å². The Morgan fingerprint density at radius 1 is 1.58 bits per heavy atom. The van der Waals surface area contributed by atoms with Crippen molar-refractivity contribution in [1.29, 1.82) is 0 Å². The Bertz CT molecular complexity index is 321. The van der Waals surface area contributed by atoms with Gasteiger partial charge in [-0.15, -0.1) is 0 Å². The number of rotatable bonds is 0. The molecule has 0 N–H and O–H groups in total. The smallest absolute Gasteiger partial charge is 0.273 e. The fourth-order valence-corrected chi connectivity index (χ4v) is 1.93. The average Bonchev–Trinajstić information content (AvgIpc) is 2.48. The number of carbonyl (C=O) groups excluding carboxylic acids is 2. The lowest BCUT2D eigenvalue weighted by molar-refractivity contribution is -0.128. The van der Waals surface area contributed by atoms with Crippen molar-refractivity contribution < 1.29 is 9.59 Å². The molecule has 62 valence electrons. The molecule has 4 nitrogen and oxygen atoms in total. The number of carbonyl (C=O) groups is 2. The molecule has 2 aliphatic rings. The van der Waals surface area contributed by atoms with Crippen molar-refractivity contribution in [2.45, 2.75) is 0 Å². The first-order chi connectivity index (χ1) is 5.70. The summed E-state index contributed by atoms with van der Waals surface area (Å²) in [7, 11) is 1.45. The van der Waals surface area contributed by atoms with Crippen molar-refractivity contribution in [3.63, 3.8) is 0 Å². The van der Waals surface area contributed by atoms with Crippen LogP contribution >= 0.6 is 11.8 Å².